The quantitative estimate of drug-likeness (QED) is 0.0161. The van der Waals surface area contributed by atoms with Crippen LogP contribution in [0.1, 0.15) is 201 Å². The van der Waals surface area contributed by atoms with E-state index in [-0.39, 0.29) is 13.2 Å². The maximum Gasteiger partial charge on any atom is 0.243 e. The Morgan fingerprint density at radius 2 is 0.814 bits per heavy atom. The molecule has 352 valence electrons. The first kappa shape index (κ1) is 61.7. The van der Waals surface area contributed by atoms with Crippen LogP contribution in [0.25, 0.3) is 0 Å². The molecule has 59 heavy (non-hydrogen) atoms. The van der Waals surface area contributed by atoms with Crippen LogP contribution in [-0.2, 0) is 42.8 Å². The Kier molecular flexibility index (Phi) is 46.5. The molecule has 0 aliphatic heterocycles. The second kappa shape index (κ2) is 44.4. The number of quaternary nitrogens is 1. The third-order valence-corrected chi connectivity index (χ3v) is 10.8. The molecule has 0 aromatic carbocycles. The number of rotatable bonds is 37. The van der Waals surface area contributed by atoms with Gasteiger partial charge in [-0.1, -0.05) is 194 Å². The van der Waals surface area contributed by atoms with Crippen LogP contribution in [0.15, 0.2) is 44.0 Å². The molecule has 1 aromatic rings. The van der Waals surface area contributed by atoms with E-state index in [0.717, 1.165) is 49.8 Å². The molecule has 0 spiro atoms. The molecule has 0 amide bonds. The van der Waals surface area contributed by atoms with E-state index in [9.17, 15) is 25.9 Å². The van der Waals surface area contributed by atoms with Crippen LogP contribution in [0.5, 0.6) is 0 Å². The summed E-state index contributed by atoms with van der Waals surface area (Å²) in [5.41, 5.74) is 0. The summed E-state index contributed by atoms with van der Waals surface area (Å²) >= 11 is 0. The zero-order valence-corrected chi connectivity index (χ0v) is 40.7. The Bertz CT molecular complexity index is 1180. The molecule has 11 nitrogen and oxygen atoms in total. The van der Waals surface area contributed by atoms with Gasteiger partial charge in [0.05, 0.1) is 54.0 Å². The standard InChI is InChI=1S/2C16H34O4S.C8H16N.C6H11N2/c2*1-2-3-4-5-6-7-8-9-10-11-12-13-14-15-16-20-21(17,18)19;1-5-7-9(3,4)8-6-2;1-3-8-5-4-7(2)6-8/h2*2-16H2,1H3,(H,17,18,19);5-6H,1-2,7-8H2,3-4H3;4-6H,3H2,1-2H3/q;;2*+1/p-2. The van der Waals surface area contributed by atoms with Gasteiger partial charge in [-0.05, 0) is 31.9 Å². The minimum absolute atomic E-state index is 0.0316. The molecular formula is C46H93N3O8S2. The SMILES string of the molecule is C=CC[N+](C)(C)CC=C.CCCCCCCCCCCCCCCCOS(=O)(=O)[O-].CCCCCCCCCCCCCCCCOS(=O)(=O)[O-].CCn1cc[n+](C)c1. The van der Waals surface area contributed by atoms with Gasteiger partial charge in [0.2, 0.25) is 27.1 Å². The van der Waals surface area contributed by atoms with Crippen molar-refractivity contribution in [2.24, 2.45) is 7.05 Å². The molecule has 0 N–H and O–H groups in total. The summed E-state index contributed by atoms with van der Waals surface area (Å²) in [5, 5.41) is 0. The monoisotopic (exact) mass is 880 g/mol. The molecule has 0 saturated carbocycles. The maximum atomic E-state index is 10.2. The highest BCUT2D eigenvalue weighted by molar-refractivity contribution is 7.81. The summed E-state index contributed by atoms with van der Waals surface area (Å²) in [6.45, 7) is 17.1. The van der Waals surface area contributed by atoms with E-state index in [1.807, 2.05) is 30.0 Å². The highest BCUT2D eigenvalue weighted by atomic mass is 32.3. The van der Waals surface area contributed by atoms with Gasteiger partial charge < -0.3 is 13.6 Å². The van der Waals surface area contributed by atoms with Crippen molar-refractivity contribution in [2.75, 3.05) is 40.4 Å². The number of aryl methyl sites for hydroxylation is 2. The van der Waals surface area contributed by atoms with Gasteiger partial charge >= 0.3 is 0 Å². The summed E-state index contributed by atoms with van der Waals surface area (Å²) in [6, 6.07) is 0. The molecule has 0 aliphatic carbocycles. The van der Waals surface area contributed by atoms with Gasteiger partial charge in [-0.25, -0.2) is 26.0 Å². The van der Waals surface area contributed by atoms with Crippen molar-refractivity contribution in [1.82, 2.24) is 4.57 Å². The van der Waals surface area contributed by atoms with Gasteiger partial charge in [-0.3, -0.25) is 8.37 Å². The molecule has 0 radical (unpaired) electrons. The summed E-state index contributed by atoms with van der Waals surface area (Å²) in [6.07, 6.45) is 44.8. The Hall–Kier alpha value is -1.61. The second-order valence-corrected chi connectivity index (χ2v) is 18.5. The fourth-order valence-electron chi connectivity index (χ4n) is 6.38. The largest absolute Gasteiger partial charge is 0.726 e. The van der Waals surface area contributed by atoms with Gasteiger partial charge in [-0.15, -0.1) is 0 Å². The first-order valence-electron chi connectivity index (χ1n) is 23.3. The Morgan fingerprint density at radius 3 is 1.00 bits per heavy atom. The molecular weight excluding hydrogens is 787 g/mol. The highest BCUT2D eigenvalue weighted by Crippen LogP contribution is 2.14. The van der Waals surface area contributed by atoms with Crippen LogP contribution < -0.4 is 4.57 Å². The number of aromatic nitrogens is 2. The van der Waals surface area contributed by atoms with Gasteiger partial charge in [0.1, 0.15) is 12.4 Å². The summed E-state index contributed by atoms with van der Waals surface area (Å²) in [4.78, 5) is 0. The predicted molar refractivity (Wildman–Crippen MR) is 245 cm³/mol. The number of unbranched alkanes of at least 4 members (excludes halogenated alkanes) is 26. The Morgan fingerprint density at radius 1 is 0.542 bits per heavy atom. The van der Waals surface area contributed by atoms with E-state index < -0.39 is 20.8 Å². The van der Waals surface area contributed by atoms with Crippen molar-refractivity contribution in [2.45, 2.75) is 207 Å². The lowest BCUT2D eigenvalue weighted by molar-refractivity contribution is -0.878. The number of hydrogen-bond donors (Lipinski definition) is 0. The van der Waals surface area contributed by atoms with Gasteiger partial charge in [0.25, 0.3) is 0 Å². The Balaban J connectivity index is -0.000000767. The number of nitrogens with zero attached hydrogens (tertiary/aromatic N) is 3. The molecule has 1 rings (SSSR count). The van der Waals surface area contributed by atoms with Crippen LogP contribution in [0.4, 0.5) is 0 Å². The topological polar surface area (TPSA) is 142 Å². The van der Waals surface area contributed by atoms with E-state index in [1.165, 1.54) is 141 Å². The summed E-state index contributed by atoms with van der Waals surface area (Å²) < 4.78 is 74.5. The van der Waals surface area contributed by atoms with Gasteiger partial charge in [0.15, 0.2) is 0 Å². The zero-order chi connectivity index (χ0) is 44.9. The first-order valence-corrected chi connectivity index (χ1v) is 26.0. The first-order chi connectivity index (χ1) is 28.1. The van der Waals surface area contributed by atoms with E-state index in [0.29, 0.717) is 12.8 Å². The van der Waals surface area contributed by atoms with Crippen LogP contribution in [0.2, 0.25) is 0 Å². The number of likely N-dealkylation sites (N-methyl/N-ethyl adjacent to an activating group) is 1. The van der Waals surface area contributed by atoms with E-state index in [4.69, 9.17) is 0 Å². The normalized spacial score (nSPS) is 11.5. The van der Waals surface area contributed by atoms with Crippen molar-refractivity contribution in [1.29, 1.82) is 0 Å². The van der Waals surface area contributed by atoms with Crippen LogP contribution in [-0.4, -0.2) is 75.4 Å². The summed E-state index contributed by atoms with van der Waals surface area (Å²) in [5.74, 6) is 0. The van der Waals surface area contributed by atoms with E-state index in [1.54, 1.807) is 0 Å². The lowest BCUT2D eigenvalue weighted by atomic mass is 10.0. The van der Waals surface area contributed by atoms with Gasteiger partial charge in [-0.2, -0.15) is 0 Å². The third-order valence-electron chi connectivity index (χ3n) is 9.89. The maximum absolute atomic E-state index is 10.2. The summed E-state index contributed by atoms with van der Waals surface area (Å²) in [7, 11) is -2.65. The molecule has 0 saturated heterocycles. The van der Waals surface area contributed by atoms with Crippen molar-refractivity contribution >= 4 is 20.8 Å². The van der Waals surface area contributed by atoms with Crippen LogP contribution in [0, 0.1) is 0 Å². The molecule has 1 heterocycles. The predicted octanol–water partition coefficient (Wildman–Crippen LogP) is 11.7. The van der Waals surface area contributed by atoms with E-state index >= 15 is 0 Å². The molecule has 1 aromatic heterocycles. The average molecular weight is 880 g/mol. The minimum atomic E-state index is -4.49. The Labute approximate surface area is 365 Å². The number of imidazole rings is 1. The lowest BCUT2D eigenvalue weighted by Crippen LogP contribution is -2.39. The molecule has 0 bridgehead atoms. The average Bonchev–Trinajstić information content (AvgIpc) is 3.60. The second-order valence-electron chi connectivity index (χ2n) is 16.4. The molecule has 0 fully saturated rings. The highest BCUT2D eigenvalue weighted by Gasteiger charge is 2.08. The zero-order valence-electron chi connectivity index (χ0n) is 39.1. The fourth-order valence-corrected chi connectivity index (χ4v) is 7.02. The van der Waals surface area contributed by atoms with Crippen LogP contribution >= 0.6 is 0 Å². The van der Waals surface area contributed by atoms with Crippen molar-refractivity contribution in [3.8, 4) is 0 Å². The fraction of sp³-hybridized carbons (Fsp3) is 0.848. The molecule has 13 heteroatoms. The lowest BCUT2D eigenvalue weighted by Gasteiger charge is -2.26. The van der Waals surface area contributed by atoms with Crippen molar-refractivity contribution < 1.29 is 43.4 Å². The van der Waals surface area contributed by atoms with Crippen molar-refractivity contribution in [3.63, 3.8) is 0 Å². The van der Waals surface area contributed by atoms with E-state index in [2.05, 4.69) is 73.5 Å². The minimum Gasteiger partial charge on any atom is -0.726 e. The smallest absolute Gasteiger partial charge is 0.243 e. The van der Waals surface area contributed by atoms with Crippen molar-refractivity contribution in [3.05, 3.63) is 44.0 Å². The van der Waals surface area contributed by atoms with Gasteiger partial charge in [0, 0.05) is 0 Å². The number of hydrogen-bond acceptors (Lipinski definition) is 8. The molecule has 0 atom stereocenters. The molecule has 0 aliphatic rings. The third kappa shape index (κ3) is 58.5. The van der Waals surface area contributed by atoms with Crippen LogP contribution in [0.3, 0.4) is 0 Å². The molecule has 0 unspecified atom stereocenters.